The Labute approximate surface area is 163 Å². The van der Waals surface area contributed by atoms with Crippen molar-refractivity contribution in [2.24, 2.45) is 5.92 Å². The van der Waals surface area contributed by atoms with Gasteiger partial charge in [-0.25, -0.2) is 4.39 Å². The summed E-state index contributed by atoms with van der Waals surface area (Å²) in [6.45, 7) is 2.13. The van der Waals surface area contributed by atoms with Crippen LogP contribution in [0.4, 0.5) is 4.39 Å². The average Bonchev–Trinajstić information content (AvgIpc) is 2.72. The fourth-order valence-electron chi connectivity index (χ4n) is 3.49. The molecule has 3 rings (SSSR count). The fraction of sp³-hybridized carbons (Fsp3) is 0.318. The minimum absolute atomic E-state index is 0.0728. The molecule has 1 N–H and O–H groups in total. The van der Waals surface area contributed by atoms with Crippen LogP contribution >= 0.6 is 0 Å². The van der Waals surface area contributed by atoms with E-state index in [1.165, 1.54) is 13.0 Å². The highest BCUT2D eigenvalue weighted by Gasteiger charge is 2.29. The first-order valence-corrected chi connectivity index (χ1v) is 9.37. The molecule has 2 aromatic rings. The molecule has 6 heteroatoms. The number of Topliss-reactive ketones (excluding diaryl/α,β-unsaturated/α-hetero) is 1. The highest BCUT2D eigenvalue weighted by molar-refractivity contribution is 5.99. The van der Waals surface area contributed by atoms with E-state index in [0.29, 0.717) is 37.1 Å². The van der Waals surface area contributed by atoms with E-state index in [4.69, 9.17) is 0 Å². The topological polar surface area (TPSA) is 66.5 Å². The van der Waals surface area contributed by atoms with Crippen molar-refractivity contribution in [2.45, 2.75) is 19.8 Å². The number of hydrogen-bond acceptors (Lipinski definition) is 3. The van der Waals surface area contributed by atoms with E-state index in [1.807, 2.05) is 30.3 Å². The Balaban J connectivity index is 1.70. The second kappa shape index (κ2) is 8.78. The molecule has 0 saturated carbocycles. The molecule has 0 bridgehead atoms. The molecule has 5 nitrogen and oxygen atoms in total. The third kappa shape index (κ3) is 4.63. The molecule has 1 heterocycles. The number of halogens is 1. The van der Waals surface area contributed by atoms with Crippen LogP contribution in [0.25, 0.3) is 11.1 Å². The Hall–Kier alpha value is -3.02. The van der Waals surface area contributed by atoms with Gasteiger partial charge in [-0.3, -0.25) is 14.4 Å². The van der Waals surface area contributed by atoms with Crippen molar-refractivity contribution in [3.8, 4) is 11.1 Å². The van der Waals surface area contributed by atoms with Gasteiger partial charge in [0, 0.05) is 37.1 Å². The number of likely N-dealkylation sites (tertiary alicyclic amines) is 1. The lowest BCUT2D eigenvalue weighted by Crippen LogP contribution is -2.46. The van der Waals surface area contributed by atoms with E-state index in [2.05, 4.69) is 5.32 Å². The lowest BCUT2D eigenvalue weighted by molar-refractivity contribution is -0.133. The van der Waals surface area contributed by atoms with E-state index in [0.717, 1.165) is 5.56 Å². The van der Waals surface area contributed by atoms with E-state index >= 15 is 0 Å². The SMILES string of the molecule is CC(=O)NCC(=O)N1CCCC(C(=O)c2ccc(-c3ccccc3)c(F)c2)C1. The van der Waals surface area contributed by atoms with Gasteiger partial charge in [-0.2, -0.15) is 0 Å². The number of nitrogens with one attached hydrogen (secondary N) is 1. The molecule has 146 valence electrons. The third-order valence-electron chi connectivity index (χ3n) is 4.97. The first kappa shape index (κ1) is 19.7. The van der Waals surface area contributed by atoms with Crippen LogP contribution in [0.15, 0.2) is 48.5 Å². The van der Waals surface area contributed by atoms with Gasteiger partial charge >= 0.3 is 0 Å². The molecule has 0 radical (unpaired) electrons. The van der Waals surface area contributed by atoms with Gasteiger partial charge in [0.05, 0.1) is 6.54 Å². The second-order valence-electron chi connectivity index (χ2n) is 7.01. The number of hydrogen-bond donors (Lipinski definition) is 1. The maximum Gasteiger partial charge on any atom is 0.241 e. The number of piperidine rings is 1. The van der Waals surface area contributed by atoms with E-state index in [-0.39, 0.29) is 30.1 Å². The standard InChI is InChI=1S/C22H23FN2O3/c1-15(26)24-13-21(27)25-11-5-8-18(14-25)22(28)17-9-10-19(20(23)12-17)16-6-3-2-4-7-16/h2-4,6-7,9-10,12,18H,5,8,11,13-14H2,1H3,(H,24,26). The smallest absolute Gasteiger partial charge is 0.241 e. The lowest BCUT2D eigenvalue weighted by Gasteiger charge is -2.32. The fourth-order valence-corrected chi connectivity index (χ4v) is 3.49. The molecule has 0 aliphatic carbocycles. The third-order valence-corrected chi connectivity index (χ3v) is 4.97. The summed E-state index contributed by atoms with van der Waals surface area (Å²) < 4.78 is 14.6. The summed E-state index contributed by atoms with van der Waals surface area (Å²) in [4.78, 5) is 37.6. The molecule has 0 aromatic heterocycles. The number of nitrogens with zero attached hydrogens (tertiary/aromatic N) is 1. The first-order chi connectivity index (χ1) is 13.5. The first-order valence-electron chi connectivity index (χ1n) is 9.37. The summed E-state index contributed by atoms with van der Waals surface area (Å²) in [5.41, 5.74) is 1.53. The number of carbonyl (C=O) groups excluding carboxylic acids is 3. The molecule has 2 amide bonds. The van der Waals surface area contributed by atoms with Gasteiger partial charge in [0.25, 0.3) is 0 Å². The zero-order chi connectivity index (χ0) is 20.1. The Bertz CT molecular complexity index is 883. The van der Waals surface area contributed by atoms with Crippen molar-refractivity contribution >= 4 is 17.6 Å². The molecule has 1 saturated heterocycles. The number of carbonyl (C=O) groups is 3. The van der Waals surface area contributed by atoms with E-state index in [1.54, 1.807) is 17.0 Å². The van der Waals surface area contributed by atoms with Crippen molar-refractivity contribution in [3.05, 3.63) is 59.9 Å². The van der Waals surface area contributed by atoms with Crippen molar-refractivity contribution in [2.75, 3.05) is 19.6 Å². The molecular formula is C22H23FN2O3. The summed E-state index contributed by atoms with van der Waals surface area (Å²) in [6.07, 6.45) is 1.36. The number of benzene rings is 2. The number of amides is 2. The maximum atomic E-state index is 14.6. The van der Waals surface area contributed by atoms with Crippen molar-refractivity contribution in [1.29, 1.82) is 0 Å². The van der Waals surface area contributed by atoms with E-state index < -0.39 is 5.82 Å². The largest absolute Gasteiger partial charge is 0.347 e. The van der Waals surface area contributed by atoms with Crippen LogP contribution in [0.1, 0.15) is 30.1 Å². The Morgan fingerprint density at radius 2 is 1.89 bits per heavy atom. The van der Waals surface area contributed by atoms with Gasteiger partial charge in [0.2, 0.25) is 11.8 Å². The van der Waals surface area contributed by atoms with Crippen LogP contribution in [0.3, 0.4) is 0 Å². The minimum Gasteiger partial charge on any atom is -0.347 e. The molecule has 1 atom stereocenters. The molecule has 1 unspecified atom stereocenters. The predicted octanol–water partition coefficient (Wildman–Crippen LogP) is 3.05. The second-order valence-corrected chi connectivity index (χ2v) is 7.01. The zero-order valence-corrected chi connectivity index (χ0v) is 15.8. The highest BCUT2D eigenvalue weighted by atomic mass is 19.1. The molecule has 0 spiro atoms. The average molecular weight is 382 g/mol. The summed E-state index contributed by atoms with van der Waals surface area (Å²) in [5.74, 6) is -1.44. The van der Waals surface area contributed by atoms with Gasteiger partial charge < -0.3 is 10.2 Å². The van der Waals surface area contributed by atoms with Crippen LogP contribution < -0.4 is 5.32 Å². The normalized spacial score (nSPS) is 16.5. The summed E-state index contributed by atoms with van der Waals surface area (Å²) in [5, 5.41) is 2.48. The molecular weight excluding hydrogens is 359 g/mol. The van der Waals surface area contributed by atoms with Gasteiger partial charge in [0.15, 0.2) is 5.78 Å². The molecule has 1 aliphatic rings. The Morgan fingerprint density at radius 3 is 2.57 bits per heavy atom. The zero-order valence-electron chi connectivity index (χ0n) is 15.8. The molecule has 1 fully saturated rings. The monoisotopic (exact) mass is 382 g/mol. The molecule has 2 aromatic carbocycles. The quantitative estimate of drug-likeness (QED) is 0.809. The minimum atomic E-state index is -0.438. The number of ketones is 1. The summed E-state index contributed by atoms with van der Waals surface area (Å²) >= 11 is 0. The van der Waals surface area contributed by atoms with Crippen molar-refractivity contribution in [3.63, 3.8) is 0 Å². The van der Waals surface area contributed by atoms with Crippen molar-refractivity contribution < 1.29 is 18.8 Å². The van der Waals surface area contributed by atoms with Crippen LogP contribution in [-0.2, 0) is 9.59 Å². The van der Waals surface area contributed by atoms with Gasteiger partial charge in [-0.05, 0) is 24.5 Å². The van der Waals surface area contributed by atoms with Gasteiger partial charge in [-0.1, -0.05) is 42.5 Å². The van der Waals surface area contributed by atoms with Crippen LogP contribution in [-0.4, -0.2) is 42.1 Å². The number of rotatable bonds is 5. The lowest BCUT2D eigenvalue weighted by atomic mass is 9.89. The summed E-state index contributed by atoms with van der Waals surface area (Å²) in [7, 11) is 0. The molecule has 28 heavy (non-hydrogen) atoms. The van der Waals surface area contributed by atoms with Crippen LogP contribution in [0.2, 0.25) is 0 Å². The molecule has 1 aliphatic heterocycles. The van der Waals surface area contributed by atoms with Gasteiger partial charge in [-0.15, -0.1) is 0 Å². The Morgan fingerprint density at radius 1 is 1.14 bits per heavy atom. The van der Waals surface area contributed by atoms with Gasteiger partial charge in [0.1, 0.15) is 5.82 Å². The van der Waals surface area contributed by atoms with Crippen molar-refractivity contribution in [1.82, 2.24) is 10.2 Å². The predicted molar refractivity (Wildman–Crippen MR) is 104 cm³/mol. The highest BCUT2D eigenvalue weighted by Crippen LogP contribution is 2.26. The Kier molecular flexibility index (Phi) is 6.19. The van der Waals surface area contributed by atoms with E-state index in [9.17, 15) is 18.8 Å². The summed E-state index contributed by atoms with van der Waals surface area (Å²) in [6, 6.07) is 13.7. The van der Waals surface area contributed by atoms with Crippen LogP contribution in [0, 0.1) is 11.7 Å². The van der Waals surface area contributed by atoms with Crippen LogP contribution in [0.5, 0.6) is 0 Å². The maximum absolute atomic E-state index is 14.6.